The fourth-order valence-corrected chi connectivity index (χ4v) is 9.14. The largest absolute Gasteiger partial charge is 0.462 e. The van der Waals surface area contributed by atoms with Gasteiger partial charge < -0.3 is 14.2 Å². The van der Waals surface area contributed by atoms with Crippen LogP contribution >= 0.6 is 0 Å². The average molecular weight is 1120 g/mol. The molecule has 0 saturated carbocycles. The number of allylic oxidation sites excluding steroid dienone is 22. The van der Waals surface area contributed by atoms with E-state index in [2.05, 4.69) is 154 Å². The van der Waals surface area contributed by atoms with Gasteiger partial charge in [-0.25, -0.2) is 0 Å². The predicted octanol–water partition coefficient (Wildman–Crippen LogP) is 23.3. The molecule has 0 fully saturated rings. The molecule has 0 aliphatic heterocycles. The summed E-state index contributed by atoms with van der Waals surface area (Å²) in [7, 11) is 0. The summed E-state index contributed by atoms with van der Waals surface area (Å²) in [5, 5.41) is 0. The number of hydrogen-bond donors (Lipinski definition) is 0. The summed E-state index contributed by atoms with van der Waals surface area (Å²) in [6.45, 7) is 6.40. The molecular formula is C75H124O6. The van der Waals surface area contributed by atoms with Crippen LogP contribution in [0.1, 0.15) is 303 Å². The first-order valence-corrected chi connectivity index (χ1v) is 33.7. The highest BCUT2D eigenvalue weighted by Gasteiger charge is 2.19. The first kappa shape index (κ1) is 76.5. The first-order chi connectivity index (χ1) is 40.0. The second-order valence-electron chi connectivity index (χ2n) is 22.0. The molecule has 1 unspecified atom stereocenters. The Labute approximate surface area is 500 Å². The lowest BCUT2D eigenvalue weighted by atomic mass is 10.1. The maximum atomic E-state index is 13.0. The van der Waals surface area contributed by atoms with Gasteiger partial charge in [0, 0.05) is 19.3 Å². The maximum Gasteiger partial charge on any atom is 0.306 e. The molecule has 6 nitrogen and oxygen atoms in total. The Hall–Kier alpha value is -4.45. The van der Waals surface area contributed by atoms with Crippen LogP contribution in [0.3, 0.4) is 0 Å². The van der Waals surface area contributed by atoms with Crippen molar-refractivity contribution in [2.75, 3.05) is 13.2 Å². The highest BCUT2D eigenvalue weighted by Crippen LogP contribution is 2.16. The predicted molar refractivity (Wildman–Crippen MR) is 353 cm³/mol. The molecule has 0 N–H and O–H groups in total. The lowest BCUT2D eigenvalue weighted by Gasteiger charge is -2.18. The molecule has 0 aromatic heterocycles. The summed E-state index contributed by atoms with van der Waals surface area (Å²) in [5.41, 5.74) is 0. The van der Waals surface area contributed by atoms with Crippen molar-refractivity contribution in [2.24, 2.45) is 0 Å². The molecule has 0 heterocycles. The normalized spacial score (nSPS) is 13.0. The Bertz CT molecular complexity index is 1720. The zero-order valence-electron chi connectivity index (χ0n) is 52.8. The summed E-state index contributed by atoms with van der Waals surface area (Å²) in [6.07, 6.45) is 96.0. The van der Waals surface area contributed by atoms with Crippen LogP contribution in [0.25, 0.3) is 0 Å². The van der Waals surface area contributed by atoms with E-state index in [0.717, 1.165) is 135 Å². The van der Waals surface area contributed by atoms with E-state index in [1.165, 1.54) is 128 Å². The molecule has 0 bridgehead atoms. The molecule has 0 rings (SSSR count). The molecule has 0 aliphatic rings. The molecule has 81 heavy (non-hydrogen) atoms. The van der Waals surface area contributed by atoms with Crippen LogP contribution in [-0.2, 0) is 28.6 Å². The van der Waals surface area contributed by atoms with Crippen molar-refractivity contribution in [3.63, 3.8) is 0 Å². The molecule has 0 amide bonds. The minimum absolute atomic E-state index is 0.0978. The second kappa shape index (κ2) is 68.1. The quantitative estimate of drug-likeness (QED) is 0.0261. The van der Waals surface area contributed by atoms with Gasteiger partial charge in [0.15, 0.2) is 6.10 Å². The van der Waals surface area contributed by atoms with E-state index in [4.69, 9.17) is 14.2 Å². The Balaban J connectivity index is 4.47. The van der Waals surface area contributed by atoms with E-state index in [0.29, 0.717) is 19.3 Å². The highest BCUT2D eigenvalue weighted by atomic mass is 16.6. The van der Waals surface area contributed by atoms with Gasteiger partial charge in [0.25, 0.3) is 0 Å². The van der Waals surface area contributed by atoms with E-state index in [1.807, 2.05) is 0 Å². The van der Waals surface area contributed by atoms with Gasteiger partial charge in [0.05, 0.1) is 0 Å². The molecule has 0 spiro atoms. The first-order valence-electron chi connectivity index (χ1n) is 33.7. The standard InChI is InChI=1S/C75H124O6/c1-4-7-10-13-16-19-22-25-28-31-33-35-36-37-38-40-41-44-47-50-53-56-59-62-65-68-74(77)80-71-72(70-79-73(76)67-64-61-58-55-52-49-46-43-30-27-24-21-18-15-12-9-6-3)81-75(78)69-66-63-60-57-54-51-48-45-42-39-34-32-29-26-23-20-17-14-11-8-5-2/h7,9-10,12,16,18-19,21,25,27-28,30,32-35,37-38,41,44,50,53,72H,4-6,8,11,13-15,17,20,22-24,26,29,31,36,39-40,42-43,45-49,51-52,54-71H2,1-3H3/b10-7-,12-9-,19-16-,21-18-,28-25-,30-27-,34-32-,35-33-,38-37-,44-41-,53-50-. The number of ether oxygens (including phenoxy) is 3. The minimum Gasteiger partial charge on any atom is -0.462 e. The molecule has 460 valence electrons. The van der Waals surface area contributed by atoms with Gasteiger partial charge in [0.2, 0.25) is 0 Å². The van der Waals surface area contributed by atoms with Crippen molar-refractivity contribution in [3.8, 4) is 0 Å². The lowest BCUT2D eigenvalue weighted by Crippen LogP contribution is -2.30. The molecule has 0 aliphatic carbocycles. The Morgan fingerprint density at radius 1 is 0.259 bits per heavy atom. The van der Waals surface area contributed by atoms with Crippen molar-refractivity contribution < 1.29 is 28.6 Å². The molecule has 0 aromatic rings. The molecule has 0 aromatic carbocycles. The minimum atomic E-state index is -0.804. The van der Waals surface area contributed by atoms with E-state index >= 15 is 0 Å². The van der Waals surface area contributed by atoms with Crippen molar-refractivity contribution in [1.82, 2.24) is 0 Å². The lowest BCUT2D eigenvalue weighted by molar-refractivity contribution is -0.167. The SMILES string of the molecule is CC/C=C\C/C=C\C/C=C\C/C=C\C/C=C\C/C=C\C/C=C\CCCCCC(=O)OCC(COC(=O)CCCCCCCCC/C=C\C/C=C\C/C=C\CC)OC(=O)CCCCCCCCCCC/C=C\CCCCCCCCCC. The van der Waals surface area contributed by atoms with Crippen LogP contribution in [0, 0.1) is 0 Å². The van der Waals surface area contributed by atoms with Crippen molar-refractivity contribution in [2.45, 2.75) is 309 Å². The second-order valence-corrected chi connectivity index (χ2v) is 22.0. The molecular weight excluding hydrogens is 997 g/mol. The molecule has 0 radical (unpaired) electrons. The summed E-state index contributed by atoms with van der Waals surface area (Å²) in [5.74, 6) is -0.937. The third-order valence-electron chi connectivity index (χ3n) is 14.1. The van der Waals surface area contributed by atoms with Crippen molar-refractivity contribution in [3.05, 3.63) is 134 Å². The van der Waals surface area contributed by atoms with E-state index in [1.54, 1.807) is 0 Å². The summed E-state index contributed by atoms with van der Waals surface area (Å²) in [4.78, 5) is 38.4. The zero-order chi connectivity index (χ0) is 58.5. The van der Waals surface area contributed by atoms with Gasteiger partial charge in [-0.15, -0.1) is 0 Å². The summed E-state index contributed by atoms with van der Waals surface area (Å²) >= 11 is 0. The van der Waals surface area contributed by atoms with Crippen molar-refractivity contribution in [1.29, 1.82) is 0 Å². The van der Waals surface area contributed by atoms with Gasteiger partial charge in [0.1, 0.15) is 13.2 Å². The smallest absolute Gasteiger partial charge is 0.306 e. The van der Waals surface area contributed by atoms with Gasteiger partial charge in [-0.2, -0.15) is 0 Å². The van der Waals surface area contributed by atoms with Crippen LogP contribution in [-0.4, -0.2) is 37.2 Å². The van der Waals surface area contributed by atoms with Crippen LogP contribution < -0.4 is 0 Å². The van der Waals surface area contributed by atoms with Crippen LogP contribution in [0.5, 0.6) is 0 Å². The summed E-state index contributed by atoms with van der Waals surface area (Å²) < 4.78 is 16.9. The van der Waals surface area contributed by atoms with Crippen LogP contribution in [0.4, 0.5) is 0 Å². The average Bonchev–Trinajstić information content (AvgIpc) is 3.47. The number of esters is 3. The van der Waals surface area contributed by atoms with Gasteiger partial charge in [-0.05, 0) is 135 Å². The number of unbranched alkanes of at least 4 members (excludes halogenated alkanes) is 27. The van der Waals surface area contributed by atoms with Crippen LogP contribution in [0.2, 0.25) is 0 Å². The van der Waals surface area contributed by atoms with Crippen molar-refractivity contribution >= 4 is 17.9 Å². The fourth-order valence-electron chi connectivity index (χ4n) is 9.14. The molecule has 1 atom stereocenters. The fraction of sp³-hybridized carbons (Fsp3) is 0.667. The third-order valence-corrected chi connectivity index (χ3v) is 14.1. The topological polar surface area (TPSA) is 78.9 Å². The number of carbonyl (C=O) groups is 3. The number of rotatable bonds is 60. The molecule has 6 heteroatoms. The third kappa shape index (κ3) is 66.2. The zero-order valence-corrected chi connectivity index (χ0v) is 52.8. The monoisotopic (exact) mass is 1120 g/mol. The summed E-state index contributed by atoms with van der Waals surface area (Å²) in [6, 6.07) is 0. The van der Waals surface area contributed by atoms with Gasteiger partial charge >= 0.3 is 17.9 Å². The van der Waals surface area contributed by atoms with Gasteiger partial charge in [-0.1, -0.05) is 283 Å². The molecule has 0 saturated heterocycles. The maximum absolute atomic E-state index is 13.0. The Kier molecular flexibility index (Phi) is 64.3. The Morgan fingerprint density at radius 3 is 0.778 bits per heavy atom. The number of carbonyl (C=O) groups excluding carboxylic acids is 3. The Morgan fingerprint density at radius 2 is 0.481 bits per heavy atom. The van der Waals surface area contributed by atoms with E-state index in [9.17, 15) is 14.4 Å². The van der Waals surface area contributed by atoms with Gasteiger partial charge in [-0.3, -0.25) is 14.4 Å². The number of hydrogen-bond acceptors (Lipinski definition) is 6. The van der Waals surface area contributed by atoms with Crippen LogP contribution in [0.15, 0.2) is 134 Å². The van der Waals surface area contributed by atoms with E-state index < -0.39 is 6.10 Å². The highest BCUT2D eigenvalue weighted by molar-refractivity contribution is 5.71. The van der Waals surface area contributed by atoms with E-state index in [-0.39, 0.29) is 31.1 Å².